The number of para-hydroxylation sites is 1. The van der Waals surface area contributed by atoms with Crippen molar-refractivity contribution in [3.05, 3.63) is 71.0 Å². The van der Waals surface area contributed by atoms with Gasteiger partial charge in [0.15, 0.2) is 0 Å². The van der Waals surface area contributed by atoms with E-state index >= 15 is 0 Å². The number of carbonyl (C=O) groups excluding carboxylic acids is 1. The Labute approximate surface area is 128 Å². The fourth-order valence-corrected chi connectivity index (χ4v) is 3.33. The maximum absolute atomic E-state index is 12.0. The molecule has 0 radical (unpaired) electrons. The fourth-order valence-electron chi connectivity index (χ4n) is 1.67. The summed E-state index contributed by atoms with van der Waals surface area (Å²) in [5, 5.41) is 3.34. The summed E-state index contributed by atoms with van der Waals surface area (Å²) in [7, 11) is 2.83. The van der Waals surface area contributed by atoms with E-state index in [1.54, 1.807) is 12.1 Å². The Hall–Kier alpha value is -2.31. The van der Waals surface area contributed by atoms with Gasteiger partial charge in [-0.3, -0.25) is 10.1 Å². The summed E-state index contributed by atoms with van der Waals surface area (Å²) in [6.07, 6.45) is 0. The Morgan fingerprint density at radius 2 is 1.62 bits per heavy atom. The highest BCUT2D eigenvalue weighted by atomic mass is 32.9. The van der Waals surface area contributed by atoms with Crippen LogP contribution >= 0.6 is 20.7 Å². The van der Waals surface area contributed by atoms with E-state index in [0.29, 0.717) is 15.5 Å². The number of nitrogens with zero attached hydrogens (tertiary/aromatic N) is 2. The number of rotatable bonds is 3. The van der Waals surface area contributed by atoms with E-state index in [0.717, 1.165) is 5.69 Å². The summed E-state index contributed by atoms with van der Waals surface area (Å²) in [4.78, 5) is 21.4. The van der Waals surface area contributed by atoms with Crippen molar-refractivity contribution < 1.29 is 4.79 Å². The smallest absolute Gasteiger partial charge is 0.257 e. The number of anilines is 1. The van der Waals surface area contributed by atoms with Crippen LogP contribution in [0.2, 0.25) is 0 Å². The summed E-state index contributed by atoms with van der Waals surface area (Å²) in [5.74, 6) is -0.164. The number of carbonyl (C=O) groups is 1. The molecule has 0 saturated heterocycles. The Kier molecular flexibility index (Phi) is 4.18. The van der Waals surface area contributed by atoms with Crippen molar-refractivity contribution in [1.29, 1.82) is 0 Å². The second kappa shape index (κ2) is 6.43. The van der Waals surface area contributed by atoms with E-state index in [-0.39, 0.29) is 5.91 Å². The molecule has 1 N–H and O–H groups in total. The second-order valence-corrected chi connectivity index (χ2v) is 6.22. The molecule has 21 heavy (non-hydrogen) atoms. The van der Waals surface area contributed by atoms with Gasteiger partial charge in [-0.2, -0.15) is 4.98 Å². The van der Waals surface area contributed by atoms with E-state index in [9.17, 15) is 4.79 Å². The zero-order valence-electron chi connectivity index (χ0n) is 10.9. The van der Waals surface area contributed by atoms with Gasteiger partial charge in [-0.1, -0.05) is 36.4 Å². The molecule has 4 nitrogen and oxygen atoms in total. The van der Waals surface area contributed by atoms with E-state index in [4.69, 9.17) is 0 Å². The molecule has 0 spiro atoms. The molecule has 0 fully saturated rings. The first-order valence-electron chi connectivity index (χ1n) is 6.24. The van der Waals surface area contributed by atoms with E-state index in [1.807, 2.05) is 48.5 Å². The summed E-state index contributed by atoms with van der Waals surface area (Å²) in [6, 6.07) is 18.7. The van der Waals surface area contributed by atoms with Crippen molar-refractivity contribution in [2.75, 3.05) is 5.32 Å². The van der Waals surface area contributed by atoms with Gasteiger partial charge < -0.3 is 0 Å². The van der Waals surface area contributed by atoms with Crippen LogP contribution in [-0.2, 0) is 0 Å². The molecule has 0 unspecified atom stereocenters. The van der Waals surface area contributed by atoms with E-state index < -0.39 is 0 Å². The first kappa shape index (κ1) is 13.7. The summed E-state index contributed by atoms with van der Waals surface area (Å²) in [6.45, 7) is 0. The van der Waals surface area contributed by atoms with E-state index in [1.165, 1.54) is 20.7 Å². The first-order valence-corrected chi connectivity index (χ1v) is 8.39. The monoisotopic (exact) mass is 313 g/mol. The van der Waals surface area contributed by atoms with Gasteiger partial charge in [0.2, 0.25) is 9.93 Å². The minimum atomic E-state index is -0.164. The molecule has 104 valence electrons. The van der Waals surface area contributed by atoms with Crippen molar-refractivity contribution in [3.63, 3.8) is 0 Å². The molecule has 3 aromatic rings. The minimum absolute atomic E-state index is 0.164. The molecule has 3 rings (SSSR count). The zero-order chi connectivity index (χ0) is 14.5. The zero-order valence-corrected chi connectivity index (χ0v) is 12.5. The number of benzene rings is 2. The third kappa shape index (κ3) is 3.62. The normalized spacial score (nSPS) is 11.3. The standard InChI is InChI=1S/C15H11N3OS2/c19-13(11-7-3-1-4-8-11)17-15-18-14(20-21-15)16-12-9-5-2-6-10-12/h1-10H,(H,16,17,18,19). The number of hydrogen-bond acceptors (Lipinski definition) is 5. The van der Waals surface area contributed by atoms with Gasteiger partial charge in [-0.05, 0) is 44.9 Å². The maximum atomic E-state index is 12.0. The SMILES string of the molecule is O=C(Nc1nc(=Nc2ccccc2)ss1)c1ccccc1. The van der Waals surface area contributed by atoms with Crippen LogP contribution in [0.3, 0.4) is 0 Å². The Balaban J connectivity index is 1.77. The van der Waals surface area contributed by atoms with Crippen molar-refractivity contribution in [2.45, 2.75) is 0 Å². The largest absolute Gasteiger partial charge is 0.297 e. The summed E-state index contributed by atoms with van der Waals surface area (Å²) < 4.78 is 0. The van der Waals surface area contributed by atoms with Crippen molar-refractivity contribution in [3.8, 4) is 0 Å². The molecule has 0 aliphatic heterocycles. The van der Waals surface area contributed by atoms with Crippen LogP contribution in [0.1, 0.15) is 10.4 Å². The lowest BCUT2D eigenvalue weighted by atomic mass is 10.2. The van der Waals surface area contributed by atoms with Crippen LogP contribution in [0.5, 0.6) is 0 Å². The van der Waals surface area contributed by atoms with Gasteiger partial charge >= 0.3 is 0 Å². The average Bonchev–Trinajstić information content (AvgIpc) is 2.96. The predicted octanol–water partition coefficient (Wildman–Crippen LogP) is 3.69. The number of amides is 1. The molecule has 0 atom stereocenters. The quantitative estimate of drug-likeness (QED) is 0.750. The van der Waals surface area contributed by atoms with Gasteiger partial charge in [0.25, 0.3) is 5.91 Å². The highest BCUT2D eigenvalue weighted by Gasteiger charge is 2.07. The molecule has 6 heteroatoms. The lowest BCUT2D eigenvalue weighted by molar-refractivity contribution is 0.102. The first-order chi connectivity index (χ1) is 10.3. The van der Waals surface area contributed by atoms with Crippen LogP contribution in [0.15, 0.2) is 65.7 Å². The summed E-state index contributed by atoms with van der Waals surface area (Å²) >= 11 is 0. The van der Waals surface area contributed by atoms with Crippen molar-refractivity contribution in [1.82, 2.24) is 4.98 Å². The van der Waals surface area contributed by atoms with Crippen molar-refractivity contribution in [2.24, 2.45) is 4.99 Å². The lowest BCUT2D eigenvalue weighted by Gasteiger charge is -1.99. The molecule has 1 heterocycles. The predicted molar refractivity (Wildman–Crippen MR) is 86.1 cm³/mol. The number of aromatic nitrogens is 1. The fraction of sp³-hybridized carbons (Fsp3) is 0. The molecular weight excluding hydrogens is 302 g/mol. The maximum Gasteiger partial charge on any atom is 0.257 e. The molecule has 0 aliphatic rings. The van der Waals surface area contributed by atoms with Crippen LogP contribution in [0.25, 0.3) is 0 Å². The summed E-state index contributed by atoms with van der Waals surface area (Å²) in [5.41, 5.74) is 1.46. The van der Waals surface area contributed by atoms with Gasteiger partial charge in [0, 0.05) is 5.56 Å². The van der Waals surface area contributed by atoms with Gasteiger partial charge in [0.05, 0.1) is 5.69 Å². The highest BCUT2D eigenvalue weighted by molar-refractivity contribution is 7.69. The third-order valence-corrected chi connectivity index (χ3v) is 4.57. The number of hydrogen-bond donors (Lipinski definition) is 1. The Bertz CT molecular complexity index is 794. The molecule has 1 aromatic heterocycles. The second-order valence-electron chi connectivity index (χ2n) is 4.13. The minimum Gasteiger partial charge on any atom is -0.297 e. The lowest BCUT2D eigenvalue weighted by Crippen LogP contribution is -2.12. The third-order valence-electron chi connectivity index (χ3n) is 2.63. The van der Waals surface area contributed by atoms with Crippen LogP contribution in [0, 0.1) is 0 Å². The molecule has 0 aliphatic carbocycles. The van der Waals surface area contributed by atoms with Gasteiger partial charge in [-0.15, -0.1) is 0 Å². The van der Waals surface area contributed by atoms with Gasteiger partial charge in [0.1, 0.15) is 0 Å². The topological polar surface area (TPSA) is 54.4 Å². The van der Waals surface area contributed by atoms with Gasteiger partial charge in [-0.25, -0.2) is 4.99 Å². The van der Waals surface area contributed by atoms with Crippen LogP contribution in [-0.4, -0.2) is 10.9 Å². The molecule has 0 saturated carbocycles. The molecular formula is C15H11N3OS2. The highest BCUT2D eigenvalue weighted by Crippen LogP contribution is 2.16. The average molecular weight is 313 g/mol. The number of nitrogens with one attached hydrogen (secondary N) is 1. The molecule has 0 bridgehead atoms. The van der Waals surface area contributed by atoms with Crippen LogP contribution < -0.4 is 10.1 Å². The molecule has 2 aromatic carbocycles. The van der Waals surface area contributed by atoms with Crippen molar-refractivity contribution >= 4 is 37.4 Å². The molecule has 1 amide bonds. The van der Waals surface area contributed by atoms with E-state index in [2.05, 4.69) is 15.3 Å². The Morgan fingerprint density at radius 3 is 2.33 bits per heavy atom. The Morgan fingerprint density at radius 1 is 0.952 bits per heavy atom. The van der Waals surface area contributed by atoms with Crippen LogP contribution in [0.4, 0.5) is 10.8 Å².